The first-order valence-electron chi connectivity index (χ1n) is 9.69. The standard InChI is InChI=1S/C23H23ClN2O5/c1-2-30-20-13-17(12-19(24)22(20)31-15-21(27)28)11-18(14-25)23(29)26-10-6-9-16-7-4-3-5-8-16/h3-5,7-8,11-13H,2,6,9-10,15H2,1H3,(H,26,29)(H,27,28)/b18-11-. The van der Waals surface area contributed by atoms with Crippen LogP contribution < -0.4 is 14.8 Å². The van der Waals surface area contributed by atoms with Gasteiger partial charge in [-0.2, -0.15) is 5.26 Å². The molecular formula is C23H23ClN2O5. The van der Waals surface area contributed by atoms with E-state index >= 15 is 0 Å². The molecule has 0 atom stereocenters. The highest BCUT2D eigenvalue weighted by Gasteiger charge is 2.15. The van der Waals surface area contributed by atoms with E-state index < -0.39 is 18.5 Å². The summed E-state index contributed by atoms with van der Waals surface area (Å²) < 4.78 is 10.7. The number of aliphatic carboxylic acids is 1. The van der Waals surface area contributed by atoms with Crippen molar-refractivity contribution in [2.75, 3.05) is 19.8 Å². The summed E-state index contributed by atoms with van der Waals surface area (Å²) in [4.78, 5) is 23.1. The fraction of sp³-hybridized carbons (Fsp3) is 0.261. The second-order valence-electron chi connectivity index (χ2n) is 6.46. The number of ether oxygens (including phenoxy) is 2. The van der Waals surface area contributed by atoms with Gasteiger partial charge in [-0.3, -0.25) is 4.79 Å². The molecule has 0 aliphatic heterocycles. The van der Waals surface area contributed by atoms with E-state index in [1.54, 1.807) is 6.92 Å². The molecule has 0 bridgehead atoms. The molecule has 1 amide bonds. The number of nitrogens with one attached hydrogen (secondary N) is 1. The van der Waals surface area contributed by atoms with Crippen LogP contribution in [0.15, 0.2) is 48.0 Å². The molecule has 2 aromatic carbocycles. The van der Waals surface area contributed by atoms with E-state index in [-0.39, 0.29) is 22.1 Å². The van der Waals surface area contributed by atoms with Gasteiger partial charge in [-0.1, -0.05) is 41.9 Å². The lowest BCUT2D eigenvalue weighted by molar-refractivity contribution is -0.139. The average molecular weight is 443 g/mol. The maximum atomic E-state index is 12.4. The Bertz CT molecular complexity index is 983. The lowest BCUT2D eigenvalue weighted by atomic mass is 10.1. The topological polar surface area (TPSA) is 109 Å². The number of carbonyl (C=O) groups is 2. The van der Waals surface area contributed by atoms with Gasteiger partial charge in [-0.25, -0.2) is 4.79 Å². The second-order valence-corrected chi connectivity index (χ2v) is 6.87. The van der Waals surface area contributed by atoms with Gasteiger partial charge in [-0.15, -0.1) is 0 Å². The van der Waals surface area contributed by atoms with Crippen LogP contribution in [0.5, 0.6) is 11.5 Å². The summed E-state index contributed by atoms with van der Waals surface area (Å²) in [5.74, 6) is -1.33. The molecule has 0 heterocycles. The van der Waals surface area contributed by atoms with Gasteiger partial charge in [0.15, 0.2) is 18.1 Å². The molecule has 0 unspecified atom stereocenters. The summed E-state index contributed by atoms with van der Waals surface area (Å²) in [5, 5.41) is 21.1. The third-order valence-electron chi connectivity index (χ3n) is 4.12. The zero-order valence-corrected chi connectivity index (χ0v) is 17.8. The average Bonchev–Trinajstić information content (AvgIpc) is 2.75. The van der Waals surface area contributed by atoms with E-state index in [0.29, 0.717) is 18.7 Å². The van der Waals surface area contributed by atoms with Crippen molar-refractivity contribution in [3.63, 3.8) is 0 Å². The molecule has 0 saturated heterocycles. The van der Waals surface area contributed by atoms with Crippen LogP contribution in [0.4, 0.5) is 0 Å². The minimum atomic E-state index is -1.15. The van der Waals surface area contributed by atoms with Crippen LogP contribution in [0, 0.1) is 11.3 Å². The highest BCUT2D eigenvalue weighted by atomic mass is 35.5. The van der Waals surface area contributed by atoms with Crippen molar-refractivity contribution in [1.82, 2.24) is 5.32 Å². The van der Waals surface area contributed by atoms with Gasteiger partial charge in [0.1, 0.15) is 11.6 Å². The minimum Gasteiger partial charge on any atom is -0.490 e. The Hall–Kier alpha value is -3.50. The van der Waals surface area contributed by atoms with Crippen LogP contribution in [0.25, 0.3) is 6.08 Å². The van der Waals surface area contributed by atoms with Crippen LogP contribution in [0.1, 0.15) is 24.5 Å². The number of aryl methyl sites for hydroxylation is 1. The van der Waals surface area contributed by atoms with E-state index in [2.05, 4.69) is 5.32 Å². The first kappa shape index (κ1) is 23.8. The number of hydrogen-bond donors (Lipinski definition) is 2. The molecule has 0 fully saturated rings. The van der Waals surface area contributed by atoms with E-state index in [4.69, 9.17) is 26.2 Å². The number of amides is 1. The molecule has 0 spiro atoms. The summed E-state index contributed by atoms with van der Waals surface area (Å²) in [7, 11) is 0. The molecular weight excluding hydrogens is 420 g/mol. The van der Waals surface area contributed by atoms with Crippen LogP contribution in [0.3, 0.4) is 0 Å². The van der Waals surface area contributed by atoms with Crippen molar-refractivity contribution in [2.24, 2.45) is 0 Å². The Morgan fingerprint density at radius 1 is 1.23 bits per heavy atom. The Morgan fingerprint density at radius 2 is 1.97 bits per heavy atom. The normalized spacial score (nSPS) is 10.8. The largest absolute Gasteiger partial charge is 0.490 e. The second kappa shape index (κ2) is 12.3. The molecule has 2 N–H and O–H groups in total. The SMILES string of the molecule is CCOc1cc(/C=C(/C#N)C(=O)NCCCc2ccccc2)cc(Cl)c1OCC(=O)O. The molecule has 0 aliphatic carbocycles. The van der Waals surface area contributed by atoms with Crippen molar-refractivity contribution in [3.05, 3.63) is 64.2 Å². The third-order valence-corrected chi connectivity index (χ3v) is 4.40. The third kappa shape index (κ3) is 7.68. The first-order valence-corrected chi connectivity index (χ1v) is 10.1. The van der Waals surface area contributed by atoms with Gasteiger partial charge in [0, 0.05) is 6.54 Å². The smallest absolute Gasteiger partial charge is 0.341 e. The molecule has 8 heteroatoms. The summed E-state index contributed by atoms with van der Waals surface area (Å²) in [5.41, 5.74) is 1.54. The lowest BCUT2D eigenvalue weighted by Gasteiger charge is -2.13. The Morgan fingerprint density at radius 3 is 2.61 bits per heavy atom. The predicted molar refractivity (Wildman–Crippen MR) is 117 cm³/mol. The fourth-order valence-corrected chi connectivity index (χ4v) is 3.03. The number of carboxylic acids is 1. The first-order chi connectivity index (χ1) is 14.9. The maximum absolute atomic E-state index is 12.4. The lowest BCUT2D eigenvalue weighted by Crippen LogP contribution is -2.25. The highest BCUT2D eigenvalue weighted by Crippen LogP contribution is 2.37. The molecule has 0 radical (unpaired) electrons. The zero-order chi connectivity index (χ0) is 22.6. The summed E-state index contributed by atoms with van der Waals surface area (Å²) in [6, 6.07) is 14.8. The quantitative estimate of drug-likeness (QED) is 0.311. The van der Waals surface area contributed by atoms with Crippen molar-refractivity contribution in [1.29, 1.82) is 5.26 Å². The molecule has 0 aliphatic rings. The van der Waals surface area contributed by atoms with Crippen LogP contribution in [-0.2, 0) is 16.0 Å². The van der Waals surface area contributed by atoms with Gasteiger partial charge in [-0.05, 0) is 49.1 Å². The van der Waals surface area contributed by atoms with Gasteiger partial charge >= 0.3 is 5.97 Å². The number of benzene rings is 2. The minimum absolute atomic E-state index is 0.0857. The molecule has 7 nitrogen and oxygen atoms in total. The van der Waals surface area contributed by atoms with Gasteiger partial charge < -0.3 is 19.9 Å². The summed E-state index contributed by atoms with van der Waals surface area (Å²) >= 11 is 6.21. The number of rotatable bonds is 11. The number of halogens is 1. The van der Waals surface area contributed by atoms with Gasteiger partial charge in [0.25, 0.3) is 5.91 Å². The van der Waals surface area contributed by atoms with Gasteiger partial charge in [0.05, 0.1) is 11.6 Å². The Labute approximate surface area is 185 Å². The van der Waals surface area contributed by atoms with Crippen LogP contribution in [-0.4, -0.2) is 36.7 Å². The summed E-state index contributed by atoms with van der Waals surface area (Å²) in [6.07, 6.45) is 2.95. The highest BCUT2D eigenvalue weighted by molar-refractivity contribution is 6.32. The number of hydrogen-bond acceptors (Lipinski definition) is 5. The fourth-order valence-electron chi connectivity index (χ4n) is 2.76. The van der Waals surface area contributed by atoms with Crippen molar-refractivity contribution in [2.45, 2.75) is 19.8 Å². The zero-order valence-electron chi connectivity index (χ0n) is 17.1. The summed E-state index contributed by atoms with van der Waals surface area (Å²) in [6.45, 7) is 1.89. The predicted octanol–water partition coefficient (Wildman–Crippen LogP) is 3.86. The number of carbonyl (C=O) groups excluding carboxylic acids is 1. The van der Waals surface area contributed by atoms with Crippen molar-refractivity contribution >= 4 is 29.6 Å². The number of nitriles is 1. The van der Waals surface area contributed by atoms with Crippen molar-refractivity contribution in [3.8, 4) is 17.6 Å². The van der Waals surface area contributed by atoms with E-state index in [1.807, 2.05) is 36.4 Å². The van der Waals surface area contributed by atoms with E-state index in [1.165, 1.54) is 23.8 Å². The maximum Gasteiger partial charge on any atom is 0.341 e. The van der Waals surface area contributed by atoms with Crippen molar-refractivity contribution < 1.29 is 24.2 Å². The Balaban J connectivity index is 2.08. The number of carboxylic acid groups (broad SMARTS) is 1. The number of nitrogens with zero attached hydrogens (tertiary/aromatic N) is 1. The monoisotopic (exact) mass is 442 g/mol. The van der Waals surface area contributed by atoms with E-state index in [0.717, 1.165) is 12.8 Å². The molecule has 2 rings (SSSR count). The molecule has 31 heavy (non-hydrogen) atoms. The van der Waals surface area contributed by atoms with E-state index in [9.17, 15) is 14.9 Å². The molecule has 0 aromatic heterocycles. The molecule has 162 valence electrons. The molecule has 0 saturated carbocycles. The van der Waals surface area contributed by atoms with Crippen LogP contribution >= 0.6 is 11.6 Å². The van der Waals surface area contributed by atoms with Crippen LogP contribution in [0.2, 0.25) is 5.02 Å². The molecule has 2 aromatic rings. The van der Waals surface area contributed by atoms with Gasteiger partial charge in [0.2, 0.25) is 0 Å². The Kier molecular flexibility index (Phi) is 9.40.